The van der Waals surface area contributed by atoms with Gasteiger partial charge >= 0.3 is 0 Å². The molecule has 0 fully saturated rings. The molecular weight excluding hydrogens is 184 g/mol. The maximum absolute atomic E-state index is 3.20. The van der Waals surface area contributed by atoms with E-state index in [-0.39, 0.29) is 0 Å². The van der Waals surface area contributed by atoms with Crippen LogP contribution in [0.3, 0.4) is 0 Å². The molecule has 0 aromatic heterocycles. The van der Waals surface area contributed by atoms with E-state index < -0.39 is 0 Å². The average Bonchev–Trinajstić information content (AvgIpc) is 2.28. The molecule has 1 N–H and O–H groups in total. The van der Waals surface area contributed by atoms with Gasteiger partial charge in [0.05, 0.1) is 0 Å². The number of likely N-dealkylation sites (N-methyl/N-ethyl adjacent to an activating group) is 1. The van der Waals surface area contributed by atoms with Crippen LogP contribution in [0.4, 0.5) is 0 Å². The highest BCUT2D eigenvalue weighted by molar-refractivity contribution is 5.33. The predicted molar refractivity (Wildman–Crippen MR) is 63.9 cm³/mol. The molecule has 0 radical (unpaired) electrons. The van der Waals surface area contributed by atoms with E-state index in [1.54, 1.807) is 5.56 Å². The van der Waals surface area contributed by atoms with Crippen LogP contribution in [0.5, 0.6) is 0 Å². The van der Waals surface area contributed by atoms with Gasteiger partial charge in [0, 0.05) is 19.6 Å². The largest absolute Gasteiger partial charge is 0.316 e. The molecule has 82 valence electrons. The van der Waals surface area contributed by atoms with Crippen LogP contribution in [-0.2, 0) is 19.5 Å². The Balaban J connectivity index is 2.19. The van der Waals surface area contributed by atoms with E-state index in [0.29, 0.717) is 0 Å². The Morgan fingerprint density at radius 3 is 2.93 bits per heavy atom. The van der Waals surface area contributed by atoms with Crippen LogP contribution in [0.1, 0.15) is 23.6 Å². The van der Waals surface area contributed by atoms with Gasteiger partial charge in [0.2, 0.25) is 0 Å². The molecule has 2 nitrogen and oxygen atoms in total. The van der Waals surface area contributed by atoms with Gasteiger partial charge < -0.3 is 5.32 Å². The minimum Gasteiger partial charge on any atom is -0.316 e. The summed E-state index contributed by atoms with van der Waals surface area (Å²) in [7, 11) is 2.00. The number of rotatable bonds is 3. The third-order valence-electron chi connectivity index (χ3n) is 3.19. The van der Waals surface area contributed by atoms with Crippen LogP contribution >= 0.6 is 0 Å². The summed E-state index contributed by atoms with van der Waals surface area (Å²) in [6, 6.07) is 6.90. The zero-order valence-corrected chi connectivity index (χ0v) is 9.71. The van der Waals surface area contributed by atoms with Gasteiger partial charge in [0.25, 0.3) is 0 Å². The second kappa shape index (κ2) is 4.77. The van der Waals surface area contributed by atoms with Crippen molar-refractivity contribution < 1.29 is 0 Å². The van der Waals surface area contributed by atoms with Crippen LogP contribution in [0, 0.1) is 0 Å². The number of fused-ring (bicyclic) bond motifs is 1. The second-order valence-electron chi connectivity index (χ2n) is 4.25. The maximum Gasteiger partial charge on any atom is 0.0236 e. The van der Waals surface area contributed by atoms with E-state index in [1.165, 1.54) is 24.1 Å². The number of hydrogen-bond acceptors (Lipinski definition) is 2. The molecule has 0 aliphatic carbocycles. The molecule has 0 bridgehead atoms. The molecule has 2 heteroatoms. The Kier molecular flexibility index (Phi) is 3.39. The van der Waals surface area contributed by atoms with Crippen LogP contribution in [0.2, 0.25) is 0 Å². The van der Waals surface area contributed by atoms with Crippen molar-refractivity contribution in [3.8, 4) is 0 Å². The summed E-state index contributed by atoms with van der Waals surface area (Å²) in [6.45, 7) is 6.72. The number of nitrogens with zero attached hydrogens (tertiary/aromatic N) is 1. The molecule has 0 atom stereocenters. The quantitative estimate of drug-likeness (QED) is 0.807. The third-order valence-corrected chi connectivity index (χ3v) is 3.19. The van der Waals surface area contributed by atoms with Gasteiger partial charge in [-0.15, -0.1) is 0 Å². The van der Waals surface area contributed by atoms with Crippen LogP contribution in [-0.4, -0.2) is 25.0 Å². The zero-order valence-electron chi connectivity index (χ0n) is 9.71. The summed E-state index contributed by atoms with van der Waals surface area (Å²) in [5, 5.41) is 3.20. The lowest BCUT2D eigenvalue weighted by Crippen LogP contribution is -2.30. The molecule has 15 heavy (non-hydrogen) atoms. The average molecular weight is 204 g/mol. The van der Waals surface area contributed by atoms with Crippen molar-refractivity contribution in [1.29, 1.82) is 0 Å². The minimum absolute atomic E-state index is 0.972. The first-order valence-electron chi connectivity index (χ1n) is 5.81. The van der Waals surface area contributed by atoms with Crippen molar-refractivity contribution in [2.75, 3.05) is 20.1 Å². The molecule has 2 rings (SSSR count). The first kappa shape index (κ1) is 10.7. The number of nitrogens with one attached hydrogen (secondary N) is 1. The van der Waals surface area contributed by atoms with Crippen LogP contribution < -0.4 is 5.32 Å². The topological polar surface area (TPSA) is 15.3 Å². The van der Waals surface area contributed by atoms with Gasteiger partial charge in [-0.2, -0.15) is 0 Å². The first-order valence-corrected chi connectivity index (χ1v) is 5.81. The van der Waals surface area contributed by atoms with E-state index in [0.717, 1.165) is 19.6 Å². The maximum atomic E-state index is 3.20. The van der Waals surface area contributed by atoms with Crippen molar-refractivity contribution in [3.05, 3.63) is 34.9 Å². The van der Waals surface area contributed by atoms with Crippen LogP contribution in [0.25, 0.3) is 0 Å². The van der Waals surface area contributed by atoms with Crippen molar-refractivity contribution >= 4 is 0 Å². The number of hydrogen-bond donors (Lipinski definition) is 1. The lowest BCUT2D eigenvalue weighted by Gasteiger charge is -2.27. The first-order chi connectivity index (χ1) is 7.33. The Labute approximate surface area is 92.3 Å². The predicted octanol–water partition coefficient (Wildman–Crippen LogP) is 1.78. The molecule has 1 aromatic rings. The summed E-state index contributed by atoms with van der Waals surface area (Å²) >= 11 is 0. The summed E-state index contributed by atoms with van der Waals surface area (Å²) in [5.41, 5.74) is 4.46. The standard InChI is InChI=1S/C13H20N2/c1-3-15-7-6-12-5-4-11(9-14-2)8-13(12)10-15/h4-5,8,14H,3,6-7,9-10H2,1-2H3. The van der Waals surface area contributed by atoms with Gasteiger partial charge in [0.1, 0.15) is 0 Å². The van der Waals surface area contributed by atoms with Crippen LogP contribution in [0.15, 0.2) is 18.2 Å². The van der Waals surface area contributed by atoms with E-state index in [2.05, 4.69) is 35.3 Å². The molecule has 0 amide bonds. The smallest absolute Gasteiger partial charge is 0.0236 e. The lowest BCUT2D eigenvalue weighted by molar-refractivity contribution is 0.268. The molecular formula is C13H20N2. The Morgan fingerprint density at radius 1 is 1.33 bits per heavy atom. The monoisotopic (exact) mass is 204 g/mol. The second-order valence-corrected chi connectivity index (χ2v) is 4.25. The van der Waals surface area contributed by atoms with Crippen molar-refractivity contribution in [1.82, 2.24) is 10.2 Å². The van der Waals surface area contributed by atoms with Crippen molar-refractivity contribution in [2.24, 2.45) is 0 Å². The molecule has 1 aromatic carbocycles. The molecule has 0 saturated carbocycles. The summed E-state index contributed by atoms with van der Waals surface area (Å²) in [6.07, 6.45) is 1.21. The Morgan fingerprint density at radius 2 is 2.20 bits per heavy atom. The molecule has 0 saturated heterocycles. The molecule has 0 unspecified atom stereocenters. The fraction of sp³-hybridized carbons (Fsp3) is 0.538. The van der Waals surface area contributed by atoms with Gasteiger partial charge in [0.15, 0.2) is 0 Å². The van der Waals surface area contributed by atoms with Gasteiger partial charge in [-0.25, -0.2) is 0 Å². The molecule has 1 heterocycles. The third kappa shape index (κ3) is 2.39. The zero-order chi connectivity index (χ0) is 10.7. The van der Waals surface area contributed by atoms with Gasteiger partial charge in [-0.1, -0.05) is 25.1 Å². The van der Waals surface area contributed by atoms with E-state index in [4.69, 9.17) is 0 Å². The Bertz CT molecular complexity index is 333. The minimum atomic E-state index is 0.972. The van der Waals surface area contributed by atoms with Gasteiger partial charge in [-0.3, -0.25) is 4.90 Å². The number of benzene rings is 1. The van der Waals surface area contributed by atoms with Crippen molar-refractivity contribution in [3.63, 3.8) is 0 Å². The highest BCUT2D eigenvalue weighted by atomic mass is 15.1. The fourth-order valence-corrected chi connectivity index (χ4v) is 2.25. The SMILES string of the molecule is CCN1CCc2ccc(CNC)cc2C1. The molecule has 1 aliphatic heterocycles. The van der Waals surface area contributed by atoms with Gasteiger partial charge in [-0.05, 0) is 36.7 Å². The van der Waals surface area contributed by atoms with E-state index >= 15 is 0 Å². The normalized spacial score (nSPS) is 16.4. The Hall–Kier alpha value is -0.860. The highest BCUT2D eigenvalue weighted by Gasteiger charge is 2.14. The summed E-state index contributed by atoms with van der Waals surface area (Å²) in [5.74, 6) is 0. The summed E-state index contributed by atoms with van der Waals surface area (Å²) < 4.78 is 0. The van der Waals surface area contributed by atoms with E-state index in [1.807, 2.05) is 7.05 Å². The highest BCUT2D eigenvalue weighted by Crippen LogP contribution is 2.20. The van der Waals surface area contributed by atoms with Crippen molar-refractivity contribution in [2.45, 2.75) is 26.4 Å². The van der Waals surface area contributed by atoms with E-state index in [9.17, 15) is 0 Å². The lowest BCUT2D eigenvalue weighted by atomic mass is 9.97. The fourth-order valence-electron chi connectivity index (χ4n) is 2.25. The summed E-state index contributed by atoms with van der Waals surface area (Å²) in [4.78, 5) is 2.51. The molecule has 1 aliphatic rings. The molecule has 0 spiro atoms.